The molecule has 0 aliphatic heterocycles. The van der Waals surface area contributed by atoms with Gasteiger partial charge in [0.2, 0.25) is 5.88 Å². The molecule has 0 radical (unpaired) electrons. The Morgan fingerprint density at radius 1 is 1.00 bits per heavy atom. The van der Waals surface area contributed by atoms with Crippen LogP contribution >= 0.6 is 15.9 Å². The first-order valence-corrected chi connectivity index (χ1v) is 9.99. The van der Waals surface area contributed by atoms with Gasteiger partial charge in [0, 0.05) is 27.5 Å². The number of amides is 1. The van der Waals surface area contributed by atoms with Gasteiger partial charge in [-0.05, 0) is 68.4 Å². The minimum atomic E-state index is -0.185. The van der Waals surface area contributed by atoms with Crippen molar-refractivity contribution in [2.75, 3.05) is 5.32 Å². The molecular weight excluding hydrogens is 446 g/mol. The van der Waals surface area contributed by atoms with Crippen LogP contribution in [0.15, 0.2) is 71.2 Å². The third kappa shape index (κ3) is 4.55. The van der Waals surface area contributed by atoms with E-state index >= 15 is 0 Å². The summed E-state index contributed by atoms with van der Waals surface area (Å²) in [4.78, 5) is 12.3. The van der Waals surface area contributed by atoms with Gasteiger partial charge >= 0.3 is 0 Å². The van der Waals surface area contributed by atoms with Gasteiger partial charge in [0.05, 0.1) is 5.69 Å². The first-order valence-electron chi connectivity index (χ1n) is 9.20. The largest absolute Gasteiger partial charge is 0.438 e. The molecule has 0 spiro atoms. The number of hydrogen-bond acceptors (Lipinski definition) is 5. The van der Waals surface area contributed by atoms with Crippen molar-refractivity contribution >= 4 is 27.5 Å². The third-order valence-corrected chi connectivity index (χ3v) is 4.77. The van der Waals surface area contributed by atoms with E-state index in [-0.39, 0.29) is 5.91 Å². The first kappa shape index (κ1) is 19.8. The van der Waals surface area contributed by atoms with E-state index in [4.69, 9.17) is 4.74 Å². The highest BCUT2D eigenvalue weighted by molar-refractivity contribution is 9.10. The lowest BCUT2D eigenvalue weighted by atomic mass is 10.2. The predicted octanol–water partition coefficient (Wildman–Crippen LogP) is 5.09. The zero-order valence-electron chi connectivity index (χ0n) is 16.3. The number of halogens is 1. The van der Waals surface area contributed by atoms with Gasteiger partial charge in [0.15, 0.2) is 5.82 Å². The quantitative estimate of drug-likeness (QED) is 0.445. The maximum absolute atomic E-state index is 12.3. The second-order valence-corrected chi connectivity index (χ2v) is 7.58. The van der Waals surface area contributed by atoms with Gasteiger partial charge in [-0.15, -0.1) is 10.2 Å². The molecule has 4 rings (SSSR count). The van der Waals surface area contributed by atoms with Gasteiger partial charge in [-0.25, -0.2) is 4.68 Å². The fourth-order valence-electron chi connectivity index (χ4n) is 2.90. The van der Waals surface area contributed by atoms with Crippen LogP contribution < -0.4 is 10.1 Å². The Hall–Kier alpha value is -3.52. The molecule has 2 aromatic carbocycles. The van der Waals surface area contributed by atoms with Gasteiger partial charge in [-0.1, -0.05) is 22.0 Å². The summed E-state index contributed by atoms with van der Waals surface area (Å²) in [5.41, 5.74) is 3.14. The van der Waals surface area contributed by atoms with Gasteiger partial charge in [0.1, 0.15) is 5.75 Å². The van der Waals surface area contributed by atoms with Crippen molar-refractivity contribution in [3.8, 4) is 17.4 Å². The number of nitrogens with one attached hydrogen (secondary N) is 1. The summed E-state index contributed by atoms with van der Waals surface area (Å²) < 4.78 is 8.32. The van der Waals surface area contributed by atoms with Gasteiger partial charge in [-0.2, -0.15) is 5.10 Å². The minimum absolute atomic E-state index is 0.185. The lowest BCUT2D eigenvalue weighted by molar-refractivity contribution is 0.102. The number of carbonyl (C=O) groups is 1. The van der Waals surface area contributed by atoms with Crippen LogP contribution in [0.4, 0.5) is 5.69 Å². The van der Waals surface area contributed by atoms with E-state index in [1.165, 1.54) is 0 Å². The summed E-state index contributed by atoms with van der Waals surface area (Å²) in [5, 5.41) is 15.5. The Kier molecular flexibility index (Phi) is 5.58. The average Bonchev–Trinajstić information content (AvgIpc) is 3.08. The first-order chi connectivity index (χ1) is 14.5. The molecule has 2 heterocycles. The van der Waals surface area contributed by atoms with Crippen LogP contribution in [0.3, 0.4) is 0 Å². The number of hydrogen-bond donors (Lipinski definition) is 1. The summed E-state index contributed by atoms with van der Waals surface area (Å²) in [6.07, 6.45) is 0. The van der Waals surface area contributed by atoms with E-state index in [1.54, 1.807) is 53.2 Å². The van der Waals surface area contributed by atoms with E-state index in [1.807, 2.05) is 32.0 Å². The highest BCUT2D eigenvalue weighted by Gasteiger charge is 2.08. The Labute approximate surface area is 181 Å². The molecule has 0 saturated heterocycles. The Morgan fingerprint density at radius 2 is 1.80 bits per heavy atom. The highest BCUT2D eigenvalue weighted by atomic mass is 79.9. The Morgan fingerprint density at radius 3 is 2.43 bits per heavy atom. The van der Waals surface area contributed by atoms with E-state index in [9.17, 15) is 4.79 Å². The van der Waals surface area contributed by atoms with Gasteiger partial charge in [-0.3, -0.25) is 4.79 Å². The van der Waals surface area contributed by atoms with Crippen LogP contribution in [0.5, 0.6) is 11.6 Å². The van der Waals surface area contributed by atoms with Crippen molar-refractivity contribution < 1.29 is 9.53 Å². The summed E-state index contributed by atoms with van der Waals surface area (Å²) in [7, 11) is 0. The van der Waals surface area contributed by atoms with Gasteiger partial charge < -0.3 is 10.1 Å². The zero-order valence-corrected chi connectivity index (χ0v) is 17.9. The number of carbonyl (C=O) groups excluding carboxylic acids is 1. The maximum Gasteiger partial charge on any atom is 0.255 e. The molecule has 0 atom stereocenters. The van der Waals surface area contributed by atoms with Crippen molar-refractivity contribution in [3.63, 3.8) is 0 Å². The average molecular weight is 464 g/mol. The second-order valence-electron chi connectivity index (χ2n) is 6.66. The smallest absolute Gasteiger partial charge is 0.255 e. The van der Waals surface area contributed by atoms with Crippen LogP contribution in [-0.4, -0.2) is 25.9 Å². The van der Waals surface area contributed by atoms with Crippen molar-refractivity contribution in [2.45, 2.75) is 13.8 Å². The summed E-state index contributed by atoms with van der Waals surface area (Å²) in [6.45, 7) is 3.89. The molecule has 2 aromatic heterocycles. The Bertz CT molecular complexity index is 1190. The SMILES string of the molecule is Cc1cc(C)n(-c2ccc(Oc3ccc(NC(=O)c4cccc(Br)c4)cc3)nn2)n1. The number of rotatable bonds is 5. The van der Waals surface area contributed by atoms with Gasteiger partial charge in [0.25, 0.3) is 5.91 Å². The number of aryl methyl sites for hydroxylation is 2. The molecule has 0 saturated carbocycles. The Balaban J connectivity index is 1.41. The number of benzene rings is 2. The molecule has 0 unspecified atom stereocenters. The molecule has 7 nitrogen and oxygen atoms in total. The van der Waals surface area contributed by atoms with Crippen LogP contribution in [-0.2, 0) is 0 Å². The second kappa shape index (κ2) is 8.46. The van der Waals surface area contributed by atoms with Crippen molar-refractivity contribution in [1.29, 1.82) is 0 Å². The standard InChI is InChI=1S/C22H18BrN5O2/c1-14-12-15(2)28(27-14)20-10-11-21(26-25-20)30-19-8-6-18(7-9-19)24-22(29)16-4-3-5-17(23)13-16/h3-13H,1-2H3,(H,24,29). The number of nitrogens with zero attached hydrogens (tertiary/aromatic N) is 4. The number of ether oxygens (including phenoxy) is 1. The molecule has 1 N–H and O–H groups in total. The molecule has 0 fully saturated rings. The number of anilines is 1. The third-order valence-electron chi connectivity index (χ3n) is 4.27. The molecule has 0 aliphatic carbocycles. The summed E-state index contributed by atoms with van der Waals surface area (Å²) >= 11 is 3.37. The molecule has 4 aromatic rings. The molecule has 150 valence electrons. The van der Waals surface area contributed by atoms with Crippen molar-refractivity contribution in [3.05, 3.63) is 88.2 Å². The molecule has 0 aliphatic rings. The fraction of sp³-hybridized carbons (Fsp3) is 0.0909. The highest BCUT2D eigenvalue weighted by Crippen LogP contribution is 2.22. The van der Waals surface area contributed by atoms with Crippen LogP contribution in [0.2, 0.25) is 0 Å². The van der Waals surface area contributed by atoms with Crippen molar-refractivity contribution in [2.24, 2.45) is 0 Å². The molecule has 8 heteroatoms. The lowest BCUT2D eigenvalue weighted by Crippen LogP contribution is -2.11. The van der Waals surface area contributed by atoms with Crippen LogP contribution in [0.1, 0.15) is 21.7 Å². The fourth-order valence-corrected chi connectivity index (χ4v) is 3.30. The monoisotopic (exact) mass is 463 g/mol. The zero-order chi connectivity index (χ0) is 21.1. The van der Waals surface area contributed by atoms with E-state index < -0.39 is 0 Å². The summed E-state index contributed by atoms with van der Waals surface area (Å²) in [6, 6.07) is 19.8. The maximum atomic E-state index is 12.3. The van der Waals surface area contributed by atoms with E-state index in [2.05, 4.69) is 36.5 Å². The topological polar surface area (TPSA) is 81.9 Å². The van der Waals surface area contributed by atoms with E-state index in [0.29, 0.717) is 28.7 Å². The molecular formula is C22H18BrN5O2. The van der Waals surface area contributed by atoms with Crippen molar-refractivity contribution in [1.82, 2.24) is 20.0 Å². The predicted molar refractivity (Wildman–Crippen MR) is 117 cm³/mol. The van der Waals surface area contributed by atoms with Crippen LogP contribution in [0.25, 0.3) is 5.82 Å². The lowest BCUT2D eigenvalue weighted by Gasteiger charge is -2.08. The van der Waals surface area contributed by atoms with Crippen LogP contribution in [0, 0.1) is 13.8 Å². The molecule has 0 bridgehead atoms. The number of aromatic nitrogens is 4. The molecule has 1 amide bonds. The van der Waals surface area contributed by atoms with E-state index in [0.717, 1.165) is 15.9 Å². The minimum Gasteiger partial charge on any atom is -0.438 e. The normalized spacial score (nSPS) is 10.6. The summed E-state index contributed by atoms with van der Waals surface area (Å²) in [5.74, 6) is 1.39. The molecule has 30 heavy (non-hydrogen) atoms.